The van der Waals surface area contributed by atoms with Crippen LogP contribution in [0.2, 0.25) is 0 Å². The first-order valence-electron chi connectivity index (χ1n) is 10.0. The molecule has 28 heavy (non-hydrogen) atoms. The Balaban J connectivity index is 0.00000280. The predicted octanol–water partition coefficient (Wildman–Crippen LogP) is 1.34. The molecule has 2 aliphatic heterocycles. The summed E-state index contributed by atoms with van der Waals surface area (Å²) in [5.74, 6) is 1.67. The molecule has 2 fully saturated rings. The van der Waals surface area contributed by atoms with Gasteiger partial charge in [0.15, 0.2) is 5.96 Å². The molecule has 1 unspecified atom stereocenters. The van der Waals surface area contributed by atoms with Crippen LogP contribution in [-0.2, 0) is 11.3 Å². The van der Waals surface area contributed by atoms with Gasteiger partial charge < -0.3 is 19.5 Å². The second kappa shape index (κ2) is 11.9. The van der Waals surface area contributed by atoms with Crippen LogP contribution in [0.3, 0.4) is 0 Å². The Hall–Kier alpha value is -0.910. The van der Waals surface area contributed by atoms with Crippen molar-refractivity contribution in [2.45, 2.75) is 26.5 Å². The van der Waals surface area contributed by atoms with Gasteiger partial charge in [-0.15, -0.1) is 24.0 Å². The van der Waals surface area contributed by atoms with Gasteiger partial charge in [-0.1, -0.05) is 19.0 Å². The topological polar surface area (TPSA) is 69.4 Å². The van der Waals surface area contributed by atoms with E-state index in [0.717, 1.165) is 77.2 Å². The van der Waals surface area contributed by atoms with E-state index in [0.29, 0.717) is 5.92 Å². The monoisotopic (exact) mass is 506 g/mol. The molecule has 0 spiro atoms. The van der Waals surface area contributed by atoms with Crippen LogP contribution in [0.4, 0.5) is 0 Å². The Morgan fingerprint density at radius 2 is 2.04 bits per heavy atom. The van der Waals surface area contributed by atoms with Crippen LogP contribution < -0.4 is 5.32 Å². The molecule has 1 N–H and O–H groups in total. The molecule has 160 valence electrons. The van der Waals surface area contributed by atoms with E-state index in [9.17, 15) is 0 Å². The molecule has 0 radical (unpaired) electrons. The molecule has 2 saturated heterocycles. The van der Waals surface area contributed by atoms with Crippen molar-refractivity contribution < 1.29 is 9.26 Å². The third-order valence-corrected chi connectivity index (χ3v) is 5.09. The summed E-state index contributed by atoms with van der Waals surface area (Å²) in [7, 11) is 1.86. The Morgan fingerprint density at radius 1 is 1.25 bits per heavy atom. The third-order valence-electron chi connectivity index (χ3n) is 5.09. The summed E-state index contributed by atoms with van der Waals surface area (Å²) in [5.41, 5.74) is 0.992. The molecular weight excluding hydrogens is 471 g/mol. The van der Waals surface area contributed by atoms with E-state index in [1.807, 2.05) is 13.1 Å². The van der Waals surface area contributed by atoms with Crippen molar-refractivity contribution in [3.63, 3.8) is 0 Å². The lowest BCUT2D eigenvalue weighted by Gasteiger charge is -2.37. The number of halogens is 1. The number of ether oxygens (including phenoxy) is 1. The summed E-state index contributed by atoms with van der Waals surface area (Å²) in [6.45, 7) is 14.1. The zero-order valence-corrected chi connectivity index (χ0v) is 19.7. The number of morpholine rings is 1. The molecule has 0 aliphatic carbocycles. The van der Waals surface area contributed by atoms with Crippen LogP contribution >= 0.6 is 24.0 Å². The second-order valence-electron chi connectivity index (χ2n) is 7.83. The maximum absolute atomic E-state index is 5.95. The highest BCUT2D eigenvalue weighted by Gasteiger charge is 2.23. The standard InChI is InChI=1S/C19H34N6O2.HI/c1-16(2)13-24-9-11-26-18(15-24)12-21-19(20-3)25-7-5-23(6-8-25)14-17-4-10-27-22-17;/h4,10,16,18H,5-9,11-15H2,1-3H3,(H,20,21);1H. The lowest BCUT2D eigenvalue weighted by Crippen LogP contribution is -2.54. The molecule has 1 aromatic rings. The first kappa shape index (κ1) is 23.4. The number of piperazine rings is 1. The highest BCUT2D eigenvalue weighted by molar-refractivity contribution is 14.0. The van der Waals surface area contributed by atoms with E-state index in [1.165, 1.54) is 0 Å². The summed E-state index contributed by atoms with van der Waals surface area (Å²) in [6, 6.07) is 1.93. The average Bonchev–Trinajstić information content (AvgIpc) is 3.16. The van der Waals surface area contributed by atoms with Crippen molar-refractivity contribution in [1.29, 1.82) is 0 Å². The van der Waals surface area contributed by atoms with Gasteiger partial charge in [-0.25, -0.2) is 0 Å². The number of aliphatic imine (C=N–C) groups is 1. The fourth-order valence-electron chi connectivity index (χ4n) is 3.79. The second-order valence-corrected chi connectivity index (χ2v) is 7.83. The Bertz CT molecular complexity index is 575. The molecule has 1 aromatic heterocycles. The van der Waals surface area contributed by atoms with E-state index >= 15 is 0 Å². The molecule has 1 atom stereocenters. The Morgan fingerprint density at radius 3 is 2.68 bits per heavy atom. The number of hydrogen-bond donors (Lipinski definition) is 1. The normalized spacial score (nSPS) is 22.4. The van der Waals surface area contributed by atoms with Crippen molar-refractivity contribution in [2.75, 3.05) is 66.0 Å². The van der Waals surface area contributed by atoms with Gasteiger partial charge in [0.05, 0.1) is 18.4 Å². The van der Waals surface area contributed by atoms with E-state index in [2.05, 4.69) is 44.0 Å². The van der Waals surface area contributed by atoms with E-state index in [-0.39, 0.29) is 30.1 Å². The highest BCUT2D eigenvalue weighted by atomic mass is 127. The van der Waals surface area contributed by atoms with Crippen LogP contribution in [0.1, 0.15) is 19.5 Å². The Labute approximate surface area is 185 Å². The van der Waals surface area contributed by atoms with Crippen LogP contribution in [0.5, 0.6) is 0 Å². The molecule has 9 heteroatoms. The lowest BCUT2D eigenvalue weighted by molar-refractivity contribution is -0.0287. The van der Waals surface area contributed by atoms with Crippen molar-refractivity contribution >= 4 is 29.9 Å². The first-order valence-corrected chi connectivity index (χ1v) is 10.0. The molecule has 0 amide bonds. The van der Waals surface area contributed by atoms with Crippen LogP contribution in [0.25, 0.3) is 0 Å². The zero-order chi connectivity index (χ0) is 19.1. The van der Waals surface area contributed by atoms with Crippen molar-refractivity contribution in [3.05, 3.63) is 18.0 Å². The maximum atomic E-state index is 5.95. The summed E-state index contributed by atoms with van der Waals surface area (Å²) < 4.78 is 10.9. The SMILES string of the molecule is CN=C(NCC1CN(CC(C)C)CCO1)N1CCN(Cc2ccon2)CC1.I. The molecule has 3 rings (SSSR count). The predicted molar refractivity (Wildman–Crippen MR) is 121 cm³/mol. The fourth-order valence-corrected chi connectivity index (χ4v) is 3.79. The summed E-state index contributed by atoms with van der Waals surface area (Å²) in [4.78, 5) is 11.7. The largest absolute Gasteiger partial charge is 0.374 e. The van der Waals surface area contributed by atoms with Crippen molar-refractivity contribution in [3.8, 4) is 0 Å². The van der Waals surface area contributed by atoms with Gasteiger partial charge in [0.1, 0.15) is 6.26 Å². The number of guanidine groups is 1. The average molecular weight is 506 g/mol. The maximum Gasteiger partial charge on any atom is 0.193 e. The van der Waals surface area contributed by atoms with Gasteiger partial charge in [-0.05, 0) is 5.92 Å². The van der Waals surface area contributed by atoms with Crippen LogP contribution in [0.15, 0.2) is 21.8 Å². The van der Waals surface area contributed by atoms with Crippen molar-refractivity contribution in [2.24, 2.45) is 10.9 Å². The molecule has 0 saturated carbocycles. The molecular formula is C19H35IN6O2. The zero-order valence-electron chi connectivity index (χ0n) is 17.3. The smallest absolute Gasteiger partial charge is 0.193 e. The van der Waals surface area contributed by atoms with Crippen LogP contribution in [0, 0.1) is 5.92 Å². The van der Waals surface area contributed by atoms with Gasteiger partial charge in [0.25, 0.3) is 0 Å². The van der Waals surface area contributed by atoms with E-state index < -0.39 is 0 Å². The van der Waals surface area contributed by atoms with Crippen LogP contribution in [-0.4, -0.2) is 97.9 Å². The third kappa shape index (κ3) is 7.16. The van der Waals surface area contributed by atoms with Gasteiger partial charge >= 0.3 is 0 Å². The highest BCUT2D eigenvalue weighted by Crippen LogP contribution is 2.09. The number of hydrogen-bond acceptors (Lipinski definition) is 6. The van der Waals surface area contributed by atoms with Gasteiger partial charge in [-0.2, -0.15) is 0 Å². The molecule has 3 heterocycles. The first-order chi connectivity index (χ1) is 13.1. The fraction of sp³-hybridized carbons (Fsp3) is 0.789. The minimum absolute atomic E-state index is 0. The van der Waals surface area contributed by atoms with Gasteiger partial charge in [0.2, 0.25) is 0 Å². The minimum Gasteiger partial charge on any atom is -0.374 e. The van der Waals surface area contributed by atoms with Gasteiger partial charge in [-0.3, -0.25) is 14.8 Å². The van der Waals surface area contributed by atoms with Gasteiger partial charge in [0, 0.05) is 72.0 Å². The number of rotatable bonds is 6. The Kier molecular flexibility index (Phi) is 9.96. The minimum atomic E-state index is 0. The molecule has 2 aliphatic rings. The quantitative estimate of drug-likeness (QED) is 0.355. The van der Waals surface area contributed by atoms with E-state index in [1.54, 1.807) is 6.26 Å². The molecule has 8 nitrogen and oxygen atoms in total. The molecule has 0 aromatic carbocycles. The summed E-state index contributed by atoms with van der Waals surface area (Å²) in [5, 5.41) is 7.52. The summed E-state index contributed by atoms with van der Waals surface area (Å²) >= 11 is 0. The van der Waals surface area contributed by atoms with Crippen molar-refractivity contribution in [1.82, 2.24) is 25.2 Å². The molecule has 0 bridgehead atoms. The number of nitrogens with zero attached hydrogens (tertiary/aromatic N) is 5. The van der Waals surface area contributed by atoms with E-state index in [4.69, 9.17) is 9.26 Å². The lowest BCUT2D eigenvalue weighted by atomic mass is 10.2. The summed E-state index contributed by atoms with van der Waals surface area (Å²) in [6.07, 6.45) is 1.86. The number of aromatic nitrogens is 1. The number of nitrogens with one attached hydrogen (secondary N) is 1.